The molecule has 2 aromatic carbocycles. The number of rotatable bonds is 8. The Labute approximate surface area is 193 Å². The number of amides is 1. The fourth-order valence-corrected chi connectivity index (χ4v) is 4.52. The average molecular weight is 462 g/mol. The van der Waals surface area contributed by atoms with E-state index in [1.807, 2.05) is 72.8 Å². The molecule has 2 heterocycles. The van der Waals surface area contributed by atoms with Crippen LogP contribution in [0.1, 0.15) is 5.69 Å². The van der Waals surface area contributed by atoms with Crippen molar-refractivity contribution in [2.45, 2.75) is 16.2 Å². The summed E-state index contributed by atoms with van der Waals surface area (Å²) in [6, 6.07) is 23.0. The van der Waals surface area contributed by atoms with Gasteiger partial charge in [-0.1, -0.05) is 48.2 Å². The van der Waals surface area contributed by atoms with Crippen molar-refractivity contribution >= 4 is 40.7 Å². The fourth-order valence-electron chi connectivity index (χ4n) is 2.80. The van der Waals surface area contributed by atoms with E-state index in [1.165, 1.54) is 11.3 Å². The molecule has 0 fully saturated rings. The zero-order chi connectivity index (χ0) is 22.2. The first-order chi connectivity index (χ1) is 15.7. The van der Waals surface area contributed by atoms with Gasteiger partial charge in [-0.2, -0.15) is 0 Å². The van der Waals surface area contributed by atoms with E-state index in [0.29, 0.717) is 11.4 Å². The molecule has 0 spiro atoms. The van der Waals surface area contributed by atoms with Crippen LogP contribution in [0.25, 0.3) is 10.7 Å². The van der Waals surface area contributed by atoms with Crippen LogP contribution in [0.5, 0.6) is 0 Å². The Hall–Kier alpha value is -3.49. The molecule has 0 unspecified atom stereocenters. The number of thiazole rings is 1. The molecule has 1 amide bonds. The van der Waals surface area contributed by atoms with Gasteiger partial charge in [0.25, 0.3) is 5.91 Å². The summed E-state index contributed by atoms with van der Waals surface area (Å²) in [7, 11) is 0. The molecule has 160 valence electrons. The fraction of sp³-hybridized carbons (Fsp3) is 0.0833. The molecule has 0 saturated heterocycles. The Morgan fingerprint density at radius 3 is 2.56 bits per heavy atom. The summed E-state index contributed by atoms with van der Waals surface area (Å²) in [5.41, 5.74) is 2.01. The minimum atomic E-state index is -0.509. The molecule has 0 aliphatic carbocycles. The van der Waals surface area contributed by atoms with Gasteiger partial charge >= 0.3 is 5.97 Å². The van der Waals surface area contributed by atoms with Crippen molar-refractivity contribution in [1.29, 1.82) is 0 Å². The third kappa shape index (κ3) is 6.03. The summed E-state index contributed by atoms with van der Waals surface area (Å²) in [4.78, 5) is 35.1. The number of carbonyl (C=O) groups is 2. The lowest BCUT2D eigenvalue weighted by Crippen LogP contribution is -2.22. The van der Waals surface area contributed by atoms with Gasteiger partial charge in [0, 0.05) is 21.4 Å². The second-order valence-electron chi connectivity index (χ2n) is 6.66. The first kappa shape index (κ1) is 21.7. The van der Waals surface area contributed by atoms with E-state index >= 15 is 0 Å². The van der Waals surface area contributed by atoms with E-state index in [-0.39, 0.29) is 13.0 Å². The summed E-state index contributed by atoms with van der Waals surface area (Å²) in [5.74, 6) is -0.906. The Morgan fingerprint density at radius 2 is 1.75 bits per heavy atom. The lowest BCUT2D eigenvalue weighted by Gasteiger charge is -2.11. The van der Waals surface area contributed by atoms with Crippen LogP contribution >= 0.6 is 23.1 Å². The molecule has 0 bridgehead atoms. The van der Waals surface area contributed by atoms with E-state index < -0.39 is 11.9 Å². The van der Waals surface area contributed by atoms with Gasteiger partial charge in [-0.05, 0) is 36.4 Å². The number of nitrogens with one attached hydrogen (secondary N) is 1. The van der Waals surface area contributed by atoms with Gasteiger partial charge in [0.2, 0.25) is 0 Å². The Balaban J connectivity index is 1.29. The molecular weight excluding hydrogens is 442 g/mol. The van der Waals surface area contributed by atoms with Crippen molar-refractivity contribution < 1.29 is 14.3 Å². The highest BCUT2D eigenvalue weighted by Crippen LogP contribution is 2.33. The molecular formula is C24H19N3O3S2. The number of esters is 1. The number of anilines is 1. The number of nitrogens with zero attached hydrogens (tertiary/aromatic N) is 2. The normalized spacial score (nSPS) is 10.5. The summed E-state index contributed by atoms with van der Waals surface area (Å²) in [6.45, 7) is -0.361. The van der Waals surface area contributed by atoms with Crippen molar-refractivity contribution in [3.05, 3.63) is 90.1 Å². The summed E-state index contributed by atoms with van der Waals surface area (Å²) in [6.07, 6.45) is 1.69. The Bertz CT molecular complexity index is 1200. The van der Waals surface area contributed by atoms with E-state index in [9.17, 15) is 9.59 Å². The molecule has 0 aliphatic heterocycles. The highest BCUT2D eigenvalue weighted by Gasteiger charge is 2.13. The van der Waals surface area contributed by atoms with Crippen LogP contribution in [0.15, 0.2) is 94.2 Å². The number of carbonyl (C=O) groups excluding carboxylic acids is 2. The van der Waals surface area contributed by atoms with E-state index in [1.54, 1.807) is 23.3 Å². The van der Waals surface area contributed by atoms with Crippen molar-refractivity contribution in [2.75, 3.05) is 11.9 Å². The first-order valence-corrected chi connectivity index (χ1v) is 11.5. The molecule has 2 aromatic heterocycles. The van der Waals surface area contributed by atoms with Gasteiger partial charge in [-0.15, -0.1) is 11.3 Å². The van der Waals surface area contributed by atoms with Gasteiger partial charge in [0.05, 0.1) is 23.5 Å². The smallest absolute Gasteiger partial charge is 0.312 e. The van der Waals surface area contributed by atoms with E-state index in [0.717, 1.165) is 20.5 Å². The summed E-state index contributed by atoms with van der Waals surface area (Å²) >= 11 is 2.96. The molecule has 0 atom stereocenters. The third-order valence-corrected chi connectivity index (χ3v) is 6.26. The van der Waals surface area contributed by atoms with Crippen molar-refractivity contribution in [3.63, 3.8) is 0 Å². The number of benzene rings is 2. The topological polar surface area (TPSA) is 81.2 Å². The quantitative estimate of drug-likeness (QED) is 0.369. The van der Waals surface area contributed by atoms with Crippen LogP contribution in [0, 0.1) is 0 Å². The van der Waals surface area contributed by atoms with Gasteiger partial charge in [-0.3, -0.25) is 14.6 Å². The van der Waals surface area contributed by atoms with Gasteiger partial charge in [-0.25, -0.2) is 4.98 Å². The van der Waals surface area contributed by atoms with Crippen LogP contribution in [-0.2, 0) is 20.7 Å². The Kier molecular flexibility index (Phi) is 7.27. The van der Waals surface area contributed by atoms with E-state index in [4.69, 9.17) is 4.74 Å². The minimum absolute atomic E-state index is 0.00292. The number of ether oxygens (including phenoxy) is 1. The molecule has 4 rings (SSSR count). The number of aromatic nitrogens is 2. The van der Waals surface area contributed by atoms with Crippen molar-refractivity contribution in [1.82, 2.24) is 9.97 Å². The third-order valence-electron chi connectivity index (χ3n) is 4.26. The molecule has 6 nitrogen and oxygen atoms in total. The molecule has 0 aliphatic rings. The van der Waals surface area contributed by atoms with Crippen LogP contribution < -0.4 is 5.32 Å². The lowest BCUT2D eigenvalue weighted by molar-refractivity contribution is -0.146. The van der Waals surface area contributed by atoms with Gasteiger partial charge < -0.3 is 10.1 Å². The molecule has 32 heavy (non-hydrogen) atoms. The number of hydrogen-bond donors (Lipinski definition) is 1. The highest BCUT2D eigenvalue weighted by molar-refractivity contribution is 7.99. The SMILES string of the molecule is O=C(COC(=O)Cc1csc(-c2ccccn2)n1)Nc1ccccc1Sc1ccccc1. The Morgan fingerprint density at radius 1 is 0.969 bits per heavy atom. The maximum atomic E-state index is 12.3. The maximum absolute atomic E-state index is 12.3. The average Bonchev–Trinajstić information content (AvgIpc) is 3.29. The maximum Gasteiger partial charge on any atom is 0.312 e. The lowest BCUT2D eigenvalue weighted by atomic mass is 10.3. The molecule has 1 N–H and O–H groups in total. The highest BCUT2D eigenvalue weighted by atomic mass is 32.2. The standard InChI is InChI=1S/C24H19N3O3S2/c28-22(27-19-10-4-5-12-21(19)32-18-8-2-1-3-9-18)15-30-23(29)14-17-16-31-24(26-17)20-11-6-7-13-25-20/h1-13,16H,14-15H2,(H,27,28). The molecule has 8 heteroatoms. The molecule has 0 radical (unpaired) electrons. The van der Waals surface area contributed by atoms with Crippen LogP contribution in [-0.4, -0.2) is 28.5 Å². The monoisotopic (exact) mass is 461 g/mol. The number of hydrogen-bond acceptors (Lipinski definition) is 7. The molecule has 4 aromatic rings. The predicted octanol–water partition coefficient (Wildman–Crippen LogP) is 5.08. The van der Waals surface area contributed by atoms with Crippen LogP contribution in [0.2, 0.25) is 0 Å². The predicted molar refractivity (Wildman–Crippen MR) is 126 cm³/mol. The summed E-state index contributed by atoms with van der Waals surface area (Å²) in [5, 5.41) is 5.35. The second-order valence-corrected chi connectivity index (χ2v) is 8.63. The first-order valence-electron chi connectivity index (χ1n) is 9.80. The number of pyridine rings is 1. The van der Waals surface area contributed by atoms with E-state index in [2.05, 4.69) is 15.3 Å². The largest absolute Gasteiger partial charge is 0.455 e. The van der Waals surface area contributed by atoms with Crippen molar-refractivity contribution in [2.24, 2.45) is 0 Å². The minimum Gasteiger partial charge on any atom is -0.455 e. The van der Waals surface area contributed by atoms with Crippen LogP contribution in [0.4, 0.5) is 5.69 Å². The second kappa shape index (κ2) is 10.7. The van der Waals surface area contributed by atoms with Gasteiger partial charge in [0.15, 0.2) is 6.61 Å². The van der Waals surface area contributed by atoms with Crippen molar-refractivity contribution in [3.8, 4) is 10.7 Å². The van der Waals surface area contributed by atoms with Gasteiger partial charge in [0.1, 0.15) is 5.01 Å². The number of para-hydroxylation sites is 1. The summed E-state index contributed by atoms with van der Waals surface area (Å²) < 4.78 is 5.14. The zero-order valence-electron chi connectivity index (χ0n) is 16.9. The zero-order valence-corrected chi connectivity index (χ0v) is 18.6. The molecule has 0 saturated carbocycles. The van der Waals surface area contributed by atoms with Crippen LogP contribution in [0.3, 0.4) is 0 Å².